The first-order valence-corrected chi connectivity index (χ1v) is 25.8. The second-order valence-electron chi connectivity index (χ2n) is 19.9. The molecule has 9 aromatic rings. The van der Waals surface area contributed by atoms with Crippen LogP contribution in [0.5, 0.6) is 0 Å². The lowest BCUT2D eigenvalue weighted by atomic mass is 9.89. The van der Waals surface area contributed by atoms with Gasteiger partial charge in [-0.1, -0.05) is 89.5 Å². The van der Waals surface area contributed by atoms with Crippen molar-refractivity contribution in [1.82, 2.24) is 29.2 Å². The van der Waals surface area contributed by atoms with Gasteiger partial charge in [0.15, 0.2) is 0 Å². The molecule has 3 saturated heterocycles. The van der Waals surface area contributed by atoms with Gasteiger partial charge in [0.2, 0.25) is 0 Å². The number of rotatable bonds is 9. The number of likely N-dealkylation sites (tertiary alicyclic amines) is 1. The van der Waals surface area contributed by atoms with Crippen LogP contribution in [0.25, 0.3) is 32.7 Å². The van der Waals surface area contributed by atoms with Crippen molar-refractivity contribution in [3.8, 4) is 0 Å². The number of anilines is 2. The third-order valence-corrected chi connectivity index (χ3v) is 15.1. The molecule has 2 N–H and O–H groups in total. The summed E-state index contributed by atoms with van der Waals surface area (Å²) in [4.78, 5) is 19.2. The van der Waals surface area contributed by atoms with Crippen molar-refractivity contribution in [2.45, 2.75) is 52.2 Å². The quantitative estimate of drug-likeness (QED) is 0.151. The molecule has 9 heteroatoms. The molecule has 0 bridgehead atoms. The number of hydrogen-bond acceptors (Lipinski definition) is 5. The summed E-state index contributed by atoms with van der Waals surface area (Å²) in [6.07, 6.45) is 8.69. The average molecular weight is 950 g/mol. The largest absolute Gasteiger partial charge is 0.369 e. The van der Waals surface area contributed by atoms with Crippen LogP contribution in [0, 0.1) is 13.8 Å². The highest BCUT2D eigenvalue weighted by atomic mass is 35.5. The van der Waals surface area contributed by atoms with E-state index in [-0.39, 0.29) is 0 Å². The van der Waals surface area contributed by atoms with E-state index in [9.17, 15) is 0 Å². The first-order chi connectivity index (χ1) is 34.2. The normalized spacial score (nSPS) is 16.3. The zero-order valence-electron chi connectivity index (χ0n) is 41.3. The summed E-state index contributed by atoms with van der Waals surface area (Å²) in [5, 5.41) is 4.72. The second kappa shape index (κ2) is 22.2. The van der Waals surface area contributed by atoms with Crippen LogP contribution >= 0.6 is 11.6 Å². The monoisotopic (exact) mass is 949 g/mol. The Morgan fingerprint density at radius 2 is 0.914 bits per heavy atom. The summed E-state index contributed by atoms with van der Waals surface area (Å²) < 4.78 is 2.17. The zero-order valence-corrected chi connectivity index (χ0v) is 42.1. The Balaban J connectivity index is 0.000000122. The van der Waals surface area contributed by atoms with Gasteiger partial charge >= 0.3 is 0 Å². The van der Waals surface area contributed by atoms with Gasteiger partial charge in [-0.2, -0.15) is 0 Å². The number of benzene rings is 6. The van der Waals surface area contributed by atoms with Crippen molar-refractivity contribution in [2.24, 2.45) is 7.05 Å². The maximum atomic E-state index is 5.98. The lowest BCUT2D eigenvalue weighted by Crippen LogP contribution is -2.45. The van der Waals surface area contributed by atoms with Crippen LogP contribution in [0.2, 0.25) is 5.02 Å². The van der Waals surface area contributed by atoms with Gasteiger partial charge in [0.25, 0.3) is 0 Å². The lowest BCUT2D eigenvalue weighted by molar-refractivity contribution is 0.204. The number of hydrogen-bond donors (Lipinski definition) is 2. The van der Waals surface area contributed by atoms with Crippen molar-refractivity contribution >= 4 is 55.7 Å². The van der Waals surface area contributed by atoms with Gasteiger partial charge in [-0.3, -0.25) is 14.7 Å². The fourth-order valence-corrected chi connectivity index (χ4v) is 10.7. The van der Waals surface area contributed by atoms with Crippen molar-refractivity contribution < 1.29 is 0 Å². The summed E-state index contributed by atoms with van der Waals surface area (Å²) in [7, 11) is 2.10. The second-order valence-corrected chi connectivity index (χ2v) is 20.4. The Morgan fingerprint density at radius 1 is 0.457 bits per heavy atom. The number of nitrogens with one attached hydrogen (secondary N) is 2. The topological polar surface area (TPSA) is 52.7 Å². The van der Waals surface area contributed by atoms with E-state index in [1.165, 1.54) is 103 Å². The molecule has 0 aliphatic carbocycles. The van der Waals surface area contributed by atoms with E-state index < -0.39 is 0 Å². The van der Waals surface area contributed by atoms with Gasteiger partial charge in [0, 0.05) is 131 Å². The van der Waals surface area contributed by atoms with E-state index in [0.29, 0.717) is 0 Å². The van der Waals surface area contributed by atoms with Crippen LogP contribution in [0.3, 0.4) is 0 Å². The highest BCUT2D eigenvalue weighted by Gasteiger charge is 2.22. The summed E-state index contributed by atoms with van der Waals surface area (Å²) in [5.74, 6) is 0.734. The number of H-pyrrole nitrogens is 2. The Kier molecular flexibility index (Phi) is 15.0. The molecule has 8 nitrogen and oxygen atoms in total. The molecule has 0 spiro atoms. The molecular formula is C61H69ClN8. The molecule has 6 aromatic carbocycles. The number of aryl methyl sites for hydroxylation is 3. The molecule has 0 saturated carbocycles. The molecule has 0 atom stereocenters. The maximum Gasteiger partial charge on any atom is 0.0477 e. The number of aromatic amines is 2. The predicted molar refractivity (Wildman–Crippen MR) is 296 cm³/mol. The zero-order chi connectivity index (χ0) is 47.8. The Labute approximate surface area is 420 Å². The highest BCUT2D eigenvalue weighted by Crippen LogP contribution is 2.30. The van der Waals surface area contributed by atoms with Gasteiger partial charge < -0.3 is 24.3 Å². The molecule has 3 fully saturated rings. The van der Waals surface area contributed by atoms with Gasteiger partial charge in [0.1, 0.15) is 0 Å². The van der Waals surface area contributed by atoms with Gasteiger partial charge in [0.05, 0.1) is 0 Å². The Morgan fingerprint density at radius 3 is 1.44 bits per heavy atom. The van der Waals surface area contributed by atoms with E-state index in [1.54, 1.807) is 0 Å². The van der Waals surface area contributed by atoms with Crippen LogP contribution in [0.1, 0.15) is 52.1 Å². The number of aromatic nitrogens is 3. The average Bonchev–Trinajstić information content (AvgIpc) is 4.16. The van der Waals surface area contributed by atoms with Crippen LogP contribution in [0.15, 0.2) is 164 Å². The van der Waals surface area contributed by atoms with E-state index in [0.717, 1.165) is 82.9 Å². The Hall–Kier alpha value is -6.29. The SMILES string of the molecule is Cc1ccc(C2CCN(Cc3ccc4cc[nH]c4c3)CC2)cc1.Cc1ccc(N2CCN(Cc3ccc4cc[nH]c4c3)CC2)cc1.Cn1ccc2cc(CN3CCN(c4ccc(Cl)cc4)CC3)ccc21. The predicted octanol–water partition coefficient (Wildman–Crippen LogP) is 12.8. The molecule has 3 aliphatic heterocycles. The number of nitrogens with zero attached hydrogens (tertiary/aromatic N) is 6. The smallest absolute Gasteiger partial charge is 0.0477 e. The van der Waals surface area contributed by atoms with Gasteiger partial charge in [-0.25, -0.2) is 0 Å². The van der Waals surface area contributed by atoms with Crippen LogP contribution in [0.4, 0.5) is 11.4 Å². The van der Waals surface area contributed by atoms with Crippen molar-refractivity contribution in [2.75, 3.05) is 75.2 Å². The van der Waals surface area contributed by atoms with Crippen LogP contribution in [-0.4, -0.2) is 94.7 Å². The van der Waals surface area contributed by atoms with Crippen molar-refractivity contribution in [1.29, 1.82) is 0 Å². The molecule has 0 unspecified atom stereocenters. The van der Waals surface area contributed by atoms with Crippen LogP contribution in [-0.2, 0) is 26.7 Å². The summed E-state index contributed by atoms with van der Waals surface area (Å²) in [6.45, 7) is 18.6. The maximum absolute atomic E-state index is 5.98. The molecule has 70 heavy (non-hydrogen) atoms. The third-order valence-electron chi connectivity index (χ3n) is 14.9. The van der Waals surface area contributed by atoms with E-state index in [4.69, 9.17) is 11.6 Å². The minimum Gasteiger partial charge on any atom is -0.369 e. The fraction of sp³-hybridized carbons (Fsp3) is 0.311. The minimum atomic E-state index is 0.734. The van der Waals surface area contributed by atoms with E-state index >= 15 is 0 Å². The molecule has 0 amide bonds. The summed E-state index contributed by atoms with van der Waals surface area (Å²) in [6, 6.07) is 52.9. The fourth-order valence-electron chi connectivity index (χ4n) is 10.6. The molecule has 360 valence electrons. The van der Waals surface area contributed by atoms with Crippen LogP contribution < -0.4 is 9.80 Å². The van der Waals surface area contributed by atoms with E-state index in [2.05, 4.69) is 200 Å². The molecule has 12 rings (SSSR count). The molecular weight excluding hydrogens is 880 g/mol. The Bertz CT molecular complexity index is 2910. The number of piperazine rings is 2. The molecule has 3 aliphatic rings. The van der Waals surface area contributed by atoms with Crippen molar-refractivity contribution in [3.63, 3.8) is 0 Å². The highest BCUT2D eigenvalue weighted by molar-refractivity contribution is 6.30. The summed E-state index contributed by atoms with van der Waals surface area (Å²) >= 11 is 5.98. The van der Waals surface area contributed by atoms with E-state index in [1.807, 2.05) is 24.5 Å². The number of fused-ring (bicyclic) bond motifs is 3. The minimum absolute atomic E-state index is 0.734. The number of halogens is 1. The first-order valence-electron chi connectivity index (χ1n) is 25.5. The molecule has 0 radical (unpaired) electrons. The lowest BCUT2D eigenvalue weighted by Gasteiger charge is -2.36. The van der Waals surface area contributed by atoms with Gasteiger partial charge in [-0.15, -0.1) is 0 Å². The summed E-state index contributed by atoms with van der Waals surface area (Å²) in [5.41, 5.74) is 14.8. The molecule has 6 heterocycles. The number of piperidine rings is 1. The van der Waals surface area contributed by atoms with Gasteiger partial charge in [-0.05, 0) is 163 Å². The first kappa shape index (κ1) is 47.4. The third kappa shape index (κ3) is 12.0. The van der Waals surface area contributed by atoms with Crippen molar-refractivity contribution in [3.05, 3.63) is 203 Å². The standard InChI is InChI=1S/C21H24N2.C20H22ClN3.C20H23N3/c1-16-2-5-18(6-3-16)19-9-12-23(13-10-19)15-17-4-7-20-8-11-22-21(20)14-17;1-22-9-8-17-14-16(2-7-20(17)22)15-23-10-12-24(13-11-23)19-5-3-18(21)4-6-19;1-16-2-6-19(7-3-16)23-12-10-22(11-13-23)15-17-4-5-18-8-9-21-20(18)14-17/h2-8,11,14,19,22H,9-10,12-13,15H2,1H3;2-9,14H,10-13,15H2,1H3;2-9,14,21H,10-13,15H2,1H3. The molecule has 3 aromatic heterocycles.